The van der Waals surface area contributed by atoms with Gasteiger partial charge in [0.1, 0.15) is 6.04 Å². The minimum atomic E-state index is -4.00. The van der Waals surface area contributed by atoms with Crippen molar-refractivity contribution in [3.05, 3.63) is 34.4 Å². The van der Waals surface area contributed by atoms with E-state index in [0.29, 0.717) is 0 Å². The summed E-state index contributed by atoms with van der Waals surface area (Å²) in [5, 5.41) is 19.0. The van der Waals surface area contributed by atoms with Crippen LogP contribution >= 0.6 is 0 Å². The van der Waals surface area contributed by atoms with Crippen molar-refractivity contribution in [3.63, 3.8) is 0 Å². The van der Waals surface area contributed by atoms with Gasteiger partial charge in [-0.1, -0.05) is 0 Å². The van der Waals surface area contributed by atoms with Gasteiger partial charge in [0.05, 0.1) is 9.82 Å². The Labute approximate surface area is 102 Å². The molecule has 0 radical (unpaired) electrons. The molecule has 0 aromatic heterocycles. The monoisotopic (exact) mass is 274 g/mol. The van der Waals surface area contributed by atoms with Crippen molar-refractivity contribution in [1.29, 1.82) is 0 Å². The summed E-state index contributed by atoms with van der Waals surface area (Å²) < 4.78 is 25.3. The summed E-state index contributed by atoms with van der Waals surface area (Å²) >= 11 is 0. The van der Waals surface area contributed by atoms with E-state index in [1.807, 2.05) is 4.72 Å². The smallest absolute Gasteiger partial charge is 0.321 e. The van der Waals surface area contributed by atoms with Gasteiger partial charge in [0.15, 0.2) is 0 Å². The standard InChI is InChI=1S/C9H10N2O6S/c1-6(9(12)13)10-18(16,17)8-4-2-7(3-5-8)11(14)15/h2-6,10H,1H3,(H,12,13). The number of carboxylic acids is 1. The highest BCUT2D eigenvalue weighted by atomic mass is 32.2. The average Bonchev–Trinajstić information content (AvgIpc) is 2.28. The average molecular weight is 274 g/mol. The molecule has 0 spiro atoms. The number of aliphatic carboxylic acids is 1. The van der Waals surface area contributed by atoms with Crippen LogP contribution in [0.4, 0.5) is 5.69 Å². The van der Waals surface area contributed by atoms with Gasteiger partial charge in [-0.2, -0.15) is 4.72 Å². The summed E-state index contributed by atoms with van der Waals surface area (Å²) in [5.74, 6) is -1.32. The first-order valence-electron chi connectivity index (χ1n) is 4.73. The summed E-state index contributed by atoms with van der Waals surface area (Å²) in [4.78, 5) is 20.0. The van der Waals surface area contributed by atoms with Gasteiger partial charge >= 0.3 is 5.97 Å². The third-order valence-electron chi connectivity index (χ3n) is 2.06. The number of sulfonamides is 1. The fourth-order valence-corrected chi connectivity index (χ4v) is 2.29. The van der Waals surface area contributed by atoms with Crippen LogP contribution in [0.5, 0.6) is 0 Å². The fraction of sp³-hybridized carbons (Fsp3) is 0.222. The van der Waals surface area contributed by atoms with Crippen LogP contribution in [-0.2, 0) is 14.8 Å². The number of nitro benzene ring substituents is 1. The van der Waals surface area contributed by atoms with Crippen molar-refractivity contribution >= 4 is 21.7 Å². The topological polar surface area (TPSA) is 127 Å². The van der Waals surface area contributed by atoms with E-state index in [2.05, 4.69) is 0 Å². The highest BCUT2D eigenvalue weighted by Crippen LogP contribution is 2.15. The van der Waals surface area contributed by atoms with Gasteiger partial charge < -0.3 is 5.11 Å². The minimum absolute atomic E-state index is 0.235. The lowest BCUT2D eigenvalue weighted by molar-refractivity contribution is -0.384. The fourth-order valence-electron chi connectivity index (χ4n) is 1.10. The van der Waals surface area contributed by atoms with Crippen LogP contribution in [0.15, 0.2) is 29.2 Å². The second-order valence-electron chi connectivity index (χ2n) is 3.43. The van der Waals surface area contributed by atoms with Gasteiger partial charge in [-0.25, -0.2) is 8.42 Å². The number of carboxylic acid groups (broad SMARTS) is 1. The molecule has 0 aliphatic rings. The van der Waals surface area contributed by atoms with Crippen LogP contribution in [0.1, 0.15) is 6.92 Å². The zero-order valence-corrected chi connectivity index (χ0v) is 10.0. The maximum absolute atomic E-state index is 11.7. The molecule has 0 bridgehead atoms. The maximum atomic E-state index is 11.7. The molecule has 1 unspecified atom stereocenters. The Kier molecular flexibility index (Phi) is 3.99. The first-order valence-corrected chi connectivity index (χ1v) is 6.22. The Balaban J connectivity index is 2.99. The highest BCUT2D eigenvalue weighted by Gasteiger charge is 2.21. The zero-order valence-electron chi connectivity index (χ0n) is 9.23. The molecule has 0 heterocycles. The third kappa shape index (κ3) is 3.25. The Bertz CT molecular complexity index is 565. The van der Waals surface area contributed by atoms with E-state index in [9.17, 15) is 23.3 Å². The van der Waals surface area contributed by atoms with Gasteiger partial charge in [0.2, 0.25) is 10.0 Å². The Morgan fingerprint density at radius 3 is 2.28 bits per heavy atom. The number of non-ortho nitro benzene ring substituents is 1. The van der Waals surface area contributed by atoms with Crippen LogP contribution < -0.4 is 4.72 Å². The largest absolute Gasteiger partial charge is 0.480 e. The SMILES string of the molecule is CC(NS(=O)(=O)c1ccc([N+](=O)[O-])cc1)C(=O)O. The van der Waals surface area contributed by atoms with E-state index in [4.69, 9.17) is 5.11 Å². The molecule has 8 nitrogen and oxygen atoms in total. The summed E-state index contributed by atoms with van der Waals surface area (Å²) in [6.07, 6.45) is 0. The molecular formula is C9H10N2O6S. The third-order valence-corrected chi connectivity index (χ3v) is 3.62. The molecule has 0 saturated carbocycles. The summed E-state index contributed by atoms with van der Waals surface area (Å²) in [6, 6.07) is 2.84. The lowest BCUT2D eigenvalue weighted by Gasteiger charge is -2.09. The van der Waals surface area contributed by atoms with Crippen LogP contribution in [0.25, 0.3) is 0 Å². The first kappa shape index (κ1) is 14.1. The van der Waals surface area contributed by atoms with E-state index in [-0.39, 0.29) is 10.6 Å². The Hall–Kier alpha value is -2.00. The van der Waals surface area contributed by atoms with Crippen molar-refractivity contribution in [2.45, 2.75) is 17.9 Å². The van der Waals surface area contributed by atoms with E-state index < -0.39 is 27.0 Å². The molecule has 0 amide bonds. The molecule has 0 aliphatic heterocycles. The molecular weight excluding hydrogens is 264 g/mol. The highest BCUT2D eigenvalue weighted by molar-refractivity contribution is 7.89. The quantitative estimate of drug-likeness (QED) is 0.589. The molecule has 0 aliphatic carbocycles. The molecule has 98 valence electrons. The van der Waals surface area contributed by atoms with E-state index in [0.717, 1.165) is 24.3 Å². The molecule has 18 heavy (non-hydrogen) atoms. The van der Waals surface area contributed by atoms with E-state index in [1.54, 1.807) is 0 Å². The zero-order chi connectivity index (χ0) is 13.9. The van der Waals surface area contributed by atoms with Gasteiger partial charge in [0, 0.05) is 12.1 Å². The number of hydrogen-bond acceptors (Lipinski definition) is 5. The molecule has 0 fully saturated rings. The van der Waals surface area contributed by atoms with Gasteiger partial charge in [-0.3, -0.25) is 14.9 Å². The molecule has 2 N–H and O–H groups in total. The number of carbonyl (C=O) groups is 1. The summed E-state index contributed by atoms with van der Waals surface area (Å²) in [6.45, 7) is 1.17. The summed E-state index contributed by atoms with van der Waals surface area (Å²) in [5.41, 5.74) is -0.250. The maximum Gasteiger partial charge on any atom is 0.321 e. The number of nitrogens with one attached hydrogen (secondary N) is 1. The number of hydrogen-bond donors (Lipinski definition) is 2. The second kappa shape index (κ2) is 5.10. The first-order chi connectivity index (χ1) is 8.24. The second-order valence-corrected chi connectivity index (χ2v) is 5.15. The van der Waals surface area contributed by atoms with Crippen LogP contribution in [0, 0.1) is 10.1 Å². The van der Waals surface area contributed by atoms with Crippen molar-refractivity contribution in [2.75, 3.05) is 0 Å². The van der Waals surface area contributed by atoms with E-state index >= 15 is 0 Å². The molecule has 9 heteroatoms. The van der Waals surface area contributed by atoms with Crippen molar-refractivity contribution in [3.8, 4) is 0 Å². The van der Waals surface area contributed by atoms with Crippen molar-refractivity contribution in [2.24, 2.45) is 0 Å². The van der Waals surface area contributed by atoms with Gasteiger partial charge in [0.25, 0.3) is 5.69 Å². The van der Waals surface area contributed by atoms with Crippen LogP contribution in [-0.4, -0.2) is 30.5 Å². The molecule has 1 aromatic carbocycles. The molecule has 1 aromatic rings. The predicted octanol–water partition coefficient (Wildman–Crippen LogP) is 0.346. The minimum Gasteiger partial charge on any atom is -0.480 e. The van der Waals surface area contributed by atoms with Crippen LogP contribution in [0.2, 0.25) is 0 Å². The number of nitrogens with zero attached hydrogens (tertiary/aromatic N) is 1. The predicted molar refractivity (Wildman–Crippen MR) is 60.5 cm³/mol. The van der Waals surface area contributed by atoms with Crippen molar-refractivity contribution < 1.29 is 23.2 Å². The number of rotatable bonds is 5. The number of nitro groups is 1. The van der Waals surface area contributed by atoms with Gasteiger partial charge in [-0.15, -0.1) is 0 Å². The Morgan fingerprint density at radius 1 is 1.39 bits per heavy atom. The van der Waals surface area contributed by atoms with Crippen molar-refractivity contribution in [1.82, 2.24) is 4.72 Å². The molecule has 1 atom stereocenters. The number of benzene rings is 1. The lowest BCUT2D eigenvalue weighted by Crippen LogP contribution is -2.38. The summed E-state index contributed by atoms with van der Waals surface area (Å²) in [7, 11) is -4.00. The normalized spacial score (nSPS) is 12.9. The Morgan fingerprint density at radius 2 is 1.89 bits per heavy atom. The lowest BCUT2D eigenvalue weighted by atomic mass is 10.3. The van der Waals surface area contributed by atoms with Crippen LogP contribution in [0.3, 0.4) is 0 Å². The molecule has 1 rings (SSSR count). The van der Waals surface area contributed by atoms with E-state index in [1.165, 1.54) is 6.92 Å². The molecule has 0 saturated heterocycles. The van der Waals surface area contributed by atoms with Gasteiger partial charge in [-0.05, 0) is 19.1 Å².